The fourth-order valence-electron chi connectivity index (χ4n) is 4.36. The number of carbonyl (C=O) groups excluding carboxylic acids is 2. The van der Waals surface area contributed by atoms with Crippen molar-refractivity contribution in [2.45, 2.75) is 33.2 Å². The van der Waals surface area contributed by atoms with Gasteiger partial charge in [-0.25, -0.2) is 0 Å². The Bertz CT molecular complexity index is 1050. The fraction of sp³-hybridized carbons (Fsp3) is 0.385. The molecule has 0 atom stereocenters. The molecule has 2 heterocycles. The van der Waals surface area contributed by atoms with E-state index >= 15 is 0 Å². The zero-order valence-electron chi connectivity index (χ0n) is 19.2. The normalized spacial score (nSPS) is 17.4. The Morgan fingerprint density at radius 3 is 2.19 bits per heavy atom. The van der Waals surface area contributed by atoms with Gasteiger partial charge in [-0.15, -0.1) is 0 Å². The topological polar surface area (TPSA) is 59.1 Å². The van der Waals surface area contributed by atoms with Crippen molar-refractivity contribution in [1.29, 1.82) is 0 Å². The lowest BCUT2D eigenvalue weighted by Gasteiger charge is -2.32. The highest BCUT2D eigenvalue weighted by molar-refractivity contribution is 6.35. The standard InChI is InChI=1S/C26H30N2O4/c1-17-5-7-19(8-6-17)16-28-25(29)23(20-9-10-21(31-3)22(15-20)32-4)24(26(28)30)27-13-11-18(2)12-14-27/h5-10,15,18H,11-14,16H2,1-4H3. The van der Waals surface area contributed by atoms with Gasteiger partial charge in [0.1, 0.15) is 5.70 Å². The van der Waals surface area contributed by atoms with Crippen LogP contribution in [0.1, 0.15) is 36.5 Å². The number of rotatable bonds is 6. The Labute approximate surface area is 189 Å². The molecule has 32 heavy (non-hydrogen) atoms. The molecule has 0 spiro atoms. The third-order valence-electron chi connectivity index (χ3n) is 6.38. The van der Waals surface area contributed by atoms with Crippen molar-refractivity contribution in [1.82, 2.24) is 9.80 Å². The molecular weight excluding hydrogens is 404 g/mol. The molecule has 2 aliphatic rings. The summed E-state index contributed by atoms with van der Waals surface area (Å²) in [5, 5.41) is 0. The number of hydrogen-bond acceptors (Lipinski definition) is 5. The van der Waals surface area contributed by atoms with Crippen LogP contribution in [0, 0.1) is 12.8 Å². The Morgan fingerprint density at radius 1 is 0.906 bits per heavy atom. The van der Waals surface area contributed by atoms with Crippen LogP contribution in [0.25, 0.3) is 5.57 Å². The molecule has 0 N–H and O–H groups in total. The lowest BCUT2D eigenvalue weighted by Crippen LogP contribution is -2.38. The van der Waals surface area contributed by atoms with E-state index in [1.165, 1.54) is 4.90 Å². The van der Waals surface area contributed by atoms with E-state index < -0.39 is 0 Å². The van der Waals surface area contributed by atoms with E-state index in [1.54, 1.807) is 26.4 Å². The number of benzene rings is 2. The van der Waals surface area contributed by atoms with Gasteiger partial charge < -0.3 is 14.4 Å². The molecule has 2 aromatic rings. The smallest absolute Gasteiger partial charge is 0.278 e. The van der Waals surface area contributed by atoms with Gasteiger partial charge in [-0.1, -0.05) is 42.8 Å². The van der Waals surface area contributed by atoms with Crippen LogP contribution >= 0.6 is 0 Å². The van der Waals surface area contributed by atoms with Crippen molar-refractivity contribution in [2.75, 3.05) is 27.3 Å². The molecule has 0 bridgehead atoms. The predicted molar refractivity (Wildman–Crippen MR) is 123 cm³/mol. The number of ether oxygens (including phenoxy) is 2. The molecule has 1 fully saturated rings. The molecule has 2 aliphatic heterocycles. The Balaban J connectivity index is 1.75. The van der Waals surface area contributed by atoms with Crippen molar-refractivity contribution >= 4 is 17.4 Å². The van der Waals surface area contributed by atoms with Gasteiger partial charge in [0, 0.05) is 13.1 Å². The second-order valence-electron chi connectivity index (χ2n) is 8.64. The minimum Gasteiger partial charge on any atom is -0.493 e. The molecule has 0 aliphatic carbocycles. The molecule has 6 heteroatoms. The SMILES string of the molecule is COc1ccc(C2=C(N3CCC(C)CC3)C(=O)N(Cc3ccc(C)cc3)C2=O)cc1OC. The molecule has 0 radical (unpaired) electrons. The highest BCUT2D eigenvalue weighted by Gasteiger charge is 2.42. The number of nitrogens with zero attached hydrogens (tertiary/aromatic N) is 2. The van der Waals surface area contributed by atoms with E-state index in [0.29, 0.717) is 34.3 Å². The number of piperidine rings is 1. The first-order chi connectivity index (χ1) is 15.4. The third-order valence-corrected chi connectivity index (χ3v) is 6.38. The largest absolute Gasteiger partial charge is 0.493 e. The summed E-state index contributed by atoms with van der Waals surface area (Å²) in [5.74, 6) is 1.23. The van der Waals surface area contributed by atoms with E-state index in [9.17, 15) is 9.59 Å². The van der Waals surface area contributed by atoms with Gasteiger partial charge >= 0.3 is 0 Å². The van der Waals surface area contributed by atoms with Crippen LogP contribution in [0.3, 0.4) is 0 Å². The molecular formula is C26H30N2O4. The highest BCUT2D eigenvalue weighted by atomic mass is 16.5. The average Bonchev–Trinajstić information content (AvgIpc) is 3.05. The quantitative estimate of drug-likeness (QED) is 0.643. The number of hydrogen-bond donors (Lipinski definition) is 0. The van der Waals surface area contributed by atoms with E-state index in [0.717, 1.165) is 37.1 Å². The highest BCUT2D eigenvalue weighted by Crippen LogP contribution is 2.38. The number of aryl methyl sites for hydroxylation is 1. The zero-order valence-corrected chi connectivity index (χ0v) is 19.2. The molecule has 2 aromatic carbocycles. The first-order valence-electron chi connectivity index (χ1n) is 11.1. The van der Waals surface area contributed by atoms with Crippen LogP contribution in [0.15, 0.2) is 48.2 Å². The molecule has 168 valence electrons. The summed E-state index contributed by atoms with van der Waals surface area (Å²) < 4.78 is 10.8. The monoisotopic (exact) mass is 434 g/mol. The maximum atomic E-state index is 13.6. The lowest BCUT2D eigenvalue weighted by atomic mass is 9.97. The van der Waals surface area contributed by atoms with Crippen LogP contribution in [0.4, 0.5) is 0 Å². The summed E-state index contributed by atoms with van der Waals surface area (Å²) in [6.07, 6.45) is 2.00. The van der Waals surface area contributed by atoms with Crippen LogP contribution in [-0.2, 0) is 16.1 Å². The maximum Gasteiger partial charge on any atom is 0.278 e. The minimum absolute atomic E-state index is 0.227. The third kappa shape index (κ3) is 4.09. The van der Waals surface area contributed by atoms with Crippen molar-refractivity contribution in [3.63, 3.8) is 0 Å². The second-order valence-corrected chi connectivity index (χ2v) is 8.64. The Morgan fingerprint density at radius 2 is 1.56 bits per heavy atom. The summed E-state index contributed by atoms with van der Waals surface area (Å²) in [4.78, 5) is 30.6. The van der Waals surface area contributed by atoms with Gasteiger partial charge in [-0.3, -0.25) is 14.5 Å². The summed E-state index contributed by atoms with van der Waals surface area (Å²) in [5.41, 5.74) is 3.68. The molecule has 4 rings (SSSR count). The van der Waals surface area contributed by atoms with Crippen LogP contribution in [-0.4, -0.2) is 48.9 Å². The van der Waals surface area contributed by atoms with E-state index in [2.05, 4.69) is 11.8 Å². The summed E-state index contributed by atoms with van der Waals surface area (Å²) in [7, 11) is 3.14. The van der Waals surface area contributed by atoms with Crippen LogP contribution in [0.2, 0.25) is 0 Å². The van der Waals surface area contributed by atoms with Crippen LogP contribution < -0.4 is 9.47 Å². The zero-order chi connectivity index (χ0) is 22.8. The molecule has 0 saturated carbocycles. The molecule has 2 amide bonds. The first kappa shape index (κ1) is 21.9. The second kappa shape index (κ2) is 9.07. The summed E-state index contributed by atoms with van der Waals surface area (Å²) >= 11 is 0. The van der Waals surface area contributed by atoms with Gasteiger partial charge in [0.25, 0.3) is 11.8 Å². The van der Waals surface area contributed by atoms with Gasteiger partial charge in [-0.05, 0) is 48.9 Å². The van der Waals surface area contributed by atoms with Gasteiger partial charge in [0.2, 0.25) is 0 Å². The van der Waals surface area contributed by atoms with Crippen LogP contribution in [0.5, 0.6) is 11.5 Å². The van der Waals surface area contributed by atoms with Crippen molar-refractivity contribution in [2.24, 2.45) is 5.92 Å². The van der Waals surface area contributed by atoms with Gasteiger partial charge in [0.15, 0.2) is 11.5 Å². The number of likely N-dealkylation sites (tertiary alicyclic amines) is 1. The number of amides is 2. The average molecular weight is 435 g/mol. The molecule has 0 aromatic heterocycles. The van der Waals surface area contributed by atoms with Crippen molar-refractivity contribution in [3.05, 3.63) is 64.9 Å². The van der Waals surface area contributed by atoms with Crippen molar-refractivity contribution < 1.29 is 19.1 Å². The lowest BCUT2D eigenvalue weighted by molar-refractivity contribution is -0.138. The van der Waals surface area contributed by atoms with Gasteiger partial charge in [-0.2, -0.15) is 0 Å². The molecule has 0 unspecified atom stereocenters. The van der Waals surface area contributed by atoms with Gasteiger partial charge in [0.05, 0.1) is 26.3 Å². The summed E-state index contributed by atoms with van der Waals surface area (Å²) in [6.45, 7) is 6.03. The summed E-state index contributed by atoms with van der Waals surface area (Å²) in [6, 6.07) is 13.3. The molecule has 1 saturated heterocycles. The minimum atomic E-state index is -0.267. The fourth-order valence-corrected chi connectivity index (χ4v) is 4.36. The number of carbonyl (C=O) groups is 2. The van der Waals surface area contributed by atoms with E-state index in [4.69, 9.17) is 9.47 Å². The maximum absolute atomic E-state index is 13.6. The predicted octanol–water partition coefficient (Wildman–Crippen LogP) is 4.02. The van der Waals surface area contributed by atoms with E-state index in [1.807, 2.05) is 37.3 Å². The molecule has 6 nitrogen and oxygen atoms in total. The number of methoxy groups -OCH3 is 2. The van der Waals surface area contributed by atoms with Crippen molar-refractivity contribution in [3.8, 4) is 11.5 Å². The van der Waals surface area contributed by atoms with E-state index in [-0.39, 0.29) is 18.4 Å². The first-order valence-corrected chi connectivity index (χ1v) is 11.1. The Hall–Kier alpha value is -3.28. The number of imide groups is 1. The Kier molecular flexibility index (Phi) is 6.21.